The van der Waals surface area contributed by atoms with Crippen molar-refractivity contribution in [2.24, 2.45) is 0 Å². The number of nitrogens with zero attached hydrogens (tertiary/aromatic N) is 2. The summed E-state index contributed by atoms with van der Waals surface area (Å²) in [7, 11) is 1.65. The van der Waals surface area contributed by atoms with E-state index in [2.05, 4.69) is 15.0 Å². The molecular formula is C13H11N3O. The maximum absolute atomic E-state index is 5.12. The van der Waals surface area contributed by atoms with Crippen LogP contribution >= 0.6 is 0 Å². The van der Waals surface area contributed by atoms with Crippen LogP contribution in [0.3, 0.4) is 0 Å². The Morgan fingerprint density at radius 3 is 2.71 bits per heavy atom. The number of aromatic nitrogens is 3. The van der Waals surface area contributed by atoms with Crippen molar-refractivity contribution in [2.45, 2.75) is 0 Å². The molecule has 0 aliphatic carbocycles. The fraction of sp³-hybridized carbons (Fsp3) is 0.0769. The van der Waals surface area contributed by atoms with Gasteiger partial charge in [0.25, 0.3) is 0 Å². The summed E-state index contributed by atoms with van der Waals surface area (Å²) >= 11 is 0. The largest absolute Gasteiger partial charge is 0.497 e. The van der Waals surface area contributed by atoms with E-state index in [9.17, 15) is 0 Å². The SMILES string of the molecule is COc1ccc(-c2cnc3[nH]ccc3n2)cc1. The standard InChI is InChI=1S/C13H11N3O/c1-17-10-4-2-9(3-5-10)12-8-15-13-11(16-12)6-7-14-13/h2-8H,1H3,(H,14,15). The van der Waals surface area contributed by atoms with Crippen LogP contribution in [0.1, 0.15) is 0 Å². The van der Waals surface area contributed by atoms with Gasteiger partial charge < -0.3 is 9.72 Å². The van der Waals surface area contributed by atoms with Crippen LogP contribution < -0.4 is 4.74 Å². The lowest BCUT2D eigenvalue weighted by Crippen LogP contribution is -1.87. The van der Waals surface area contributed by atoms with Gasteiger partial charge in [-0.15, -0.1) is 0 Å². The second-order valence-electron chi connectivity index (χ2n) is 3.70. The monoisotopic (exact) mass is 225 g/mol. The molecule has 0 aliphatic heterocycles. The van der Waals surface area contributed by atoms with E-state index < -0.39 is 0 Å². The summed E-state index contributed by atoms with van der Waals surface area (Å²) in [5.74, 6) is 0.837. The van der Waals surface area contributed by atoms with Gasteiger partial charge in [-0.1, -0.05) is 0 Å². The molecule has 3 rings (SSSR count). The van der Waals surface area contributed by atoms with Gasteiger partial charge in [-0.3, -0.25) is 0 Å². The summed E-state index contributed by atoms with van der Waals surface area (Å²) in [5.41, 5.74) is 3.57. The van der Waals surface area contributed by atoms with Gasteiger partial charge >= 0.3 is 0 Å². The number of methoxy groups -OCH3 is 1. The molecule has 0 unspecified atom stereocenters. The minimum Gasteiger partial charge on any atom is -0.497 e. The lowest BCUT2D eigenvalue weighted by molar-refractivity contribution is 0.415. The normalized spacial score (nSPS) is 10.6. The second kappa shape index (κ2) is 3.90. The maximum atomic E-state index is 5.12. The first-order chi connectivity index (χ1) is 8.36. The molecule has 17 heavy (non-hydrogen) atoms. The third-order valence-electron chi connectivity index (χ3n) is 2.65. The Morgan fingerprint density at radius 2 is 1.94 bits per heavy atom. The van der Waals surface area contributed by atoms with E-state index in [1.54, 1.807) is 13.3 Å². The summed E-state index contributed by atoms with van der Waals surface area (Å²) < 4.78 is 5.12. The van der Waals surface area contributed by atoms with Crippen LogP contribution in [-0.4, -0.2) is 22.1 Å². The molecule has 0 atom stereocenters. The first-order valence-corrected chi connectivity index (χ1v) is 5.31. The molecule has 0 radical (unpaired) electrons. The van der Waals surface area contributed by atoms with Crippen molar-refractivity contribution in [2.75, 3.05) is 7.11 Å². The van der Waals surface area contributed by atoms with Crippen molar-refractivity contribution in [3.63, 3.8) is 0 Å². The number of aromatic amines is 1. The van der Waals surface area contributed by atoms with Gasteiger partial charge in [0, 0.05) is 11.8 Å². The highest BCUT2D eigenvalue weighted by atomic mass is 16.5. The average Bonchev–Trinajstić information content (AvgIpc) is 2.86. The van der Waals surface area contributed by atoms with E-state index in [4.69, 9.17) is 4.74 Å². The highest BCUT2D eigenvalue weighted by Gasteiger charge is 2.03. The highest BCUT2D eigenvalue weighted by molar-refractivity contribution is 5.74. The third-order valence-corrected chi connectivity index (χ3v) is 2.65. The Bertz CT molecular complexity index is 643. The summed E-state index contributed by atoms with van der Waals surface area (Å²) in [6.07, 6.45) is 3.60. The summed E-state index contributed by atoms with van der Waals surface area (Å²) in [6.45, 7) is 0. The van der Waals surface area contributed by atoms with Crippen LogP contribution in [0, 0.1) is 0 Å². The quantitative estimate of drug-likeness (QED) is 0.729. The van der Waals surface area contributed by atoms with Gasteiger partial charge in [0.1, 0.15) is 11.3 Å². The van der Waals surface area contributed by atoms with Gasteiger partial charge in [0.05, 0.1) is 19.0 Å². The van der Waals surface area contributed by atoms with Crippen LogP contribution in [0.5, 0.6) is 5.75 Å². The van der Waals surface area contributed by atoms with Gasteiger partial charge in [0.15, 0.2) is 5.65 Å². The van der Waals surface area contributed by atoms with E-state index >= 15 is 0 Å². The van der Waals surface area contributed by atoms with E-state index in [1.807, 2.05) is 36.5 Å². The maximum Gasteiger partial charge on any atom is 0.156 e. The van der Waals surface area contributed by atoms with E-state index in [1.165, 1.54) is 0 Å². The molecule has 2 aromatic heterocycles. The third kappa shape index (κ3) is 1.73. The first-order valence-electron chi connectivity index (χ1n) is 5.31. The highest BCUT2D eigenvalue weighted by Crippen LogP contribution is 2.21. The molecule has 0 amide bonds. The molecule has 1 N–H and O–H groups in total. The number of H-pyrrole nitrogens is 1. The summed E-state index contributed by atoms with van der Waals surface area (Å²) in [4.78, 5) is 11.9. The Balaban J connectivity index is 2.06. The Labute approximate surface area is 98.3 Å². The van der Waals surface area contributed by atoms with Crippen molar-refractivity contribution in [3.8, 4) is 17.0 Å². The Morgan fingerprint density at radius 1 is 1.12 bits per heavy atom. The fourth-order valence-electron chi connectivity index (χ4n) is 1.73. The van der Waals surface area contributed by atoms with Gasteiger partial charge in [-0.05, 0) is 30.3 Å². The molecule has 4 heteroatoms. The Kier molecular flexibility index (Phi) is 2.26. The van der Waals surface area contributed by atoms with Crippen LogP contribution in [0.25, 0.3) is 22.4 Å². The lowest BCUT2D eigenvalue weighted by Gasteiger charge is -2.02. The smallest absolute Gasteiger partial charge is 0.156 e. The molecule has 0 saturated heterocycles. The predicted molar refractivity (Wildman–Crippen MR) is 65.9 cm³/mol. The van der Waals surface area contributed by atoms with Crippen LogP contribution in [0.2, 0.25) is 0 Å². The number of benzene rings is 1. The van der Waals surface area contributed by atoms with Gasteiger partial charge in [-0.25, -0.2) is 9.97 Å². The zero-order chi connectivity index (χ0) is 11.7. The first kappa shape index (κ1) is 9.84. The van der Waals surface area contributed by atoms with Crippen LogP contribution in [0.15, 0.2) is 42.7 Å². The topological polar surface area (TPSA) is 50.8 Å². The molecule has 4 nitrogen and oxygen atoms in total. The number of nitrogens with one attached hydrogen (secondary N) is 1. The zero-order valence-electron chi connectivity index (χ0n) is 9.34. The summed E-state index contributed by atoms with van der Waals surface area (Å²) in [5, 5.41) is 0. The Hall–Kier alpha value is -2.36. The molecule has 84 valence electrons. The van der Waals surface area contributed by atoms with Crippen molar-refractivity contribution in [1.29, 1.82) is 0 Å². The van der Waals surface area contributed by atoms with Crippen molar-refractivity contribution in [1.82, 2.24) is 15.0 Å². The number of rotatable bonds is 2. The minimum atomic E-state index is 0.808. The lowest BCUT2D eigenvalue weighted by atomic mass is 10.1. The van der Waals surface area contributed by atoms with Gasteiger partial charge in [0.2, 0.25) is 0 Å². The molecule has 3 aromatic rings. The number of hydrogen-bond donors (Lipinski definition) is 1. The van der Waals surface area contributed by atoms with E-state index in [0.717, 1.165) is 28.2 Å². The van der Waals surface area contributed by atoms with Gasteiger partial charge in [-0.2, -0.15) is 0 Å². The fourth-order valence-corrected chi connectivity index (χ4v) is 1.73. The van der Waals surface area contributed by atoms with Crippen molar-refractivity contribution < 1.29 is 4.74 Å². The molecule has 2 heterocycles. The summed E-state index contributed by atoms with van der Waals surface area (Å²) in [6, 6.07) is 9.69. The molecular weight excluding hydrogens is 214 g/mol. The molecule has 0 spiro atoms. The second-order valence-corrected chi connectivity index (χ2v) is 3.70. The van der Waals surface area contributed by atoms with Crippen molar-refractivity contribution in [3.05, 3.63) is 42.7 Å². The number of hydrogen-bond acceptors (Lipinski definition) is 3. The van der Waals surface area contributed by atoms with E-state index in [0.29, 0.717) is 0 Å². The number of fused-ring (bicyclic) bond motifs is 1. The number of ether oxygens (including phenoxy) is 1. The molecule has 0 fully saturated rings. The molecule has 0 aliphatic rings. The van der Waals surface area contributed by atoms with Crippen LogP contribution in [0.4, 0.5) is 0 Å². The predicted octanol–water partition coefficient (Wildman–Crippen LogP) is 2.63. The van der Waals surface area contributed by atoms with Crippen LogP contribution in [-0.2, 0) is 0 Å². The minimum absolute atomic E-state index is 0.808. The van der Waals surface area contributed by atoms with Crippen molar-refractivity contribution >= 4 is 11.2 Å². The molecule has 1 aromatic carbocycles. The molecule has 0 saturated carbocycles. The zero-order valence-corrected chi connectivity index (χ0v) is 9.34. The molecule has 0 bridgehead atoms. The van der Waals surface area contributed by atoms with E-state index in [-0.39, 0.29) is 0 Å². The average molecular weight is 225 g/mol.